The Hall–Kier alpha value is -1.41. The van der Waals surface area contributed by atoms with Crippen molar-refractivity contribution in [2.24, 2.45) is 5.16 Å². The number of nitrogens with zero attached hydrogens (tertiary/aromatic N) is 1. The summed E-state index contributed by atoms with van der Waals surface area (Å²) >= 11 is 0. The first kappa shape index (κ1) is 22.8. The first-order chi connectivity index (χ1) is 15.2. The van der Waals surface area contributed by atoms with Crippen molar-refractivity contribution in [3.8, 4) is 0 Å². The maximum atomic E-state index is 6.63. The molecule has 7 heteroatoms. The van der Waals surface area contributed by atoms with Gasteiger partial charge in [0.25, 0.3) is 0 Å². The van der Waals surface area contributed by atoms with E-state index in [0.29, 0.717) is 12.7 Å². The molecule has 1 aliphatic heterocycles. The molecular weight excluding hydrogens is 393 g/mol. The van der Waals surface area contributed by atoms with Crippen molar-refractivity contribution in [2.75, 3.05) is 21.3 Å². The van der Waals surface area contributed by atoms with Crippen LogP contribution in [0.25, 0.3) is 0 Å². The molecule has 1 saturated heterocycles. The highest BCUT2D eigenvalue weighted by molar-refractivity contribution is 6.45. The lowest BCUT2D eigenvalue weighted by molar-refractivity contribution is -0.153. The maximum Gasteiger partial charge on any atom is 0.458 e. The molecule has 0 amide bonds. The Bertz CT molecular complexity index is 699. The summed E-state index contributed by atoms with van der Waals surface area (Å²) in [5.74, 6) is 0. The number of oxime groups is 1. The predicted molar refractivity (Wildman–Crippen MR) is 121 cm³/mol. The number of hydrogen-bond donors (Lipinski definition) is 0. The van der Waals surface area contributed by atoms with Crippen LogP contribution >= 0.6 is 0 Å². The molecule has 3 aliphatic rings. The summed E-state index contributed by atoms with van der Waals surface area (Å²) in [6.45, 7) is 0. The van der Waals surface area contributed by atoms with E-state index in [1.54, 1.807) is 7.11 Å². The van der Waals surface area contributed by atoms with E-state index in [9.17, 15) is 0 Å². The molecule has 2 saturated carbocycles. The summed E-state index contributed by atoms with van der Waals surface area (Å²) in [5.41, 5.74) is 1.40. The quantitative estimate of drug-likeness (QED) is 0.326. The van der Waals surface area contributed by atoms with Crippen LogP contribution in [0.1, 0.15) is 63.4 Å². The molecule has 31 heavy (non-hydrogen) atoms. The van der Waals surface area contributed by atoms with Crippen LogP contribution < -0.4 is 0 Å². The van der Waals surface area contributed by atoms with E-state index in [-0.39, 0.29) is 30.5 Å². The van der Waals surface area contributed by atoms with Gasteiger partial charge < -0.3 is 23.6 Å². The minimum absolute atomic E-state index is 0.109. The molecule has 2 aliphatic carbocycles. The number of ether oxygens (including phenoxy) is 2. The highest BCUT2D eigenvalue weighted by Gasteiger charge is 2.59. The Labute approximate surface area is 186 Å². The molecule has 1 aromatic rings. The molecule has 3 fully saturated rings. The summed E-state index contributed by atoms with van der Waals surface area (Å²) in [6, 6.07) is 10.1. The largest absolute Gasteiger partial charge is 0.458 e. The van der Waals surface area contributed by atoms with Gasteiger partial charge in [-0.25, -0.2) is 0 Å². The molecule has 0 unspecified atom stereocenters. The Morgan fingerprint density at radius 2 is 1.42 bits per heavy atom. The van der Waals surface area contributed by atoms with Gasteiger partial charge in [-0.15, -0.1) is 0 Å². The van der Waals surface area contributed by atoms with Crippen LogP contribution in [-0.4, -0.2) is 57.6 Å². The fraction of sp³-hybridized carbons (Fsp3) is 0.708. The van der Waals surface area contributed by atoms with Gasteiger partial charge in [-0.05, 0) is 44.0 Å². The van der Waals surface area contributed by atoms with Crippen LogP contribution in [0.3, 0.4) is 0 Å². The second-order valence-electron chi connectivity index (χ2n) is 9.12. The molecule has 0 spiro atoms. The van der Waals surface area contributed by atoms with Crippen LogP contribution in [0, 0.1) is 0 Å². The first-order valence-electron chi connectivity index (χ1n) is 11.7. The molecular formula is C24H36BNO5. The number of methoxy groups -OCH3 is 2. The zero-order valence-corrected chi connectivity index (χ0v) is 19.2. The standard InChI is InChI=1S/C24H36BNO5/c1-27-23(14-7-8-15-23)21-22(24(28-2)16-9-10-17-24)31-25(30-21)18-13-20(26-29-3)19-11-5-4-6-12-19/h4-6,11-12,21-22H,7-10,13-18H2,1-3H3/b26-20+/t21-,22-/m1/s1. The Morgan fingerprint density at radius 3 is 1.87 bits per heavy atom. The number of rotatable bonds is 9. The Morgan fingerprint density at radius 1 is 0.903 bits per heavy atom. The minimum Gasteiger partial charge on any atom is -0.403 e. The molecule has 6 nitrogen and oxygen atoms in total. The molecule has 2 atom stereocenters. The van der Waals surface area contributed by atoms with Gasteiger partial charge in [-0.3, -0.25) is 0 Å². The van der Waals surface area contributed by atoms with Crippen LogP contribution in [-0.2, 0) is 23.6 Å². The highest BCUT2D eigenvalue weighted by Crippen LogP contribution is 2.48. The van der Waals surface area contributed by atoms with Gasteiger partial charge in [-0.1, -0.05) is 61.2 Å². The summed E-state index contributed by atoms with van der Waals surface area (Å²) < 4.78 is 25.5. The third-order valence-corrected chi connectivity index (χ3v) is 7.55. The topological polar surface area (TPSA) is 58.5 Å². The molecule has 0 radical (unpaired) electrons. The van der Waals surface area contributed by atoms with Crippen molar-refractivity contribution in [2.45, 2.75) is 87.5 Å². The van der Waals surface area contributed by atoms with Gasteiger partial charge in [0.15, 0.2) is 0 Å². The van der Waals surface area contributed by atoms with Gasteiger partial charge in [0.1, 0.15) is 7.11 Å². The number of benzene rings is 1. The van der Waals surface area contributed by atoms with Crippen LogP contribution in [0.5, 0.6) is 0 Å². The van der Waals surface area contributed by atoms with Crippen molar-refractivity contribution in [1.82, 2.24) is 0 Å². The van der Waals surface area contributed by atoms with E-state index in [1.165, 1.54) is 25.7 Å². The number of hydrogen-bond acceptors (Lipinski definition) is 6. The van der Waals surface area contributed by atoms with Crippen molar-refractivity contribution in [1.29, 1.82) is 0 Å². The van der Waals surface area contributed by atoms with Gasteiger partial charge >= 0.3 is 7.12 Å². The zero-order valence-electron chi connectivity index (χ0n) is 19.2. The summed E-state index contributed by atoms with van der Waals surface area (Å²) in [6.07, 6.45) is 9.95. The third-order valence-electron chi connectivity index (χ3n) is 7.55. The van der Waals surface area contributed by atoms with Gasteiger partial charge in [-0.2, -0.15) is 0 Å². The molecule has 170 valence electrons. The van der Waals surface area contributed by atoms with Crippen LogP contribution in [0.15, 0.2) is 35.5 Å². The smallest absolute Gasteiger partial charge is 0.403 e. The summed E-state index contributed by atoms with van der Waals surface area (Å²) in [5, 5.41) is 4.26. The lowest BCUT2D eigenvalue weighted by atomic mass is 9.81. The van der Waals surface area contributed by atoms with E-state index >= 15 is 0 Å². The van der Waals surface area contributed by atoms with Crippen LogP contribution in [0.4, 0.5) is 0 Å². The normalized spacial score (nSPS) is 27.7. The highest BCUT2D eigenvalue weighted by atomic mass is 16.7. The van der Waals surface area contributed by atoms with Crippen molar-refractivity contribution >= 4 is 12.8 Å². The Balaban J connectivity index is 1.52. The molecule has 0 N–H and O–H groups in total. The van der Waals surface area contributed by atoms with E-state index in [0.717, 1.165) is 37.0 Å². The van der Waals surface area contributed by atoms with E-state index in [1.807, 2.05) is 32.4 Å². The van der Waals surface area contributed by atoms with Crippen LogP contribution in [0.2, 0.25) is 6.32 Å². The lowest BCUT2D eigenvalue weighted by Gasteiger charge is -2.43. The Kier molecular flexibility index (Phi) is 7.37. The monoisotopic (exact) mass is 429 g/mol. The first-order valence-corrected chi connectivity index (χ1v) is 11.7. The van der Waals surface area contributed by atoms with Gasteiger partial charge in [0.05, 0.1) is 29.1 Å². The van der Waals surface area contributed by atoms with Gasteiger partial charge in [0, 0.05) is 14.2 Å². The predicted octanol–water partition coefficient (Wildman–Crippen LogP) is 4.62. The molecule has 4 rings (SSSR count). The molecule has 0 bridgehead atoms. The molecule has 0 aromatic heterocycles. The third kappa shape index (κ3) is 4.56. The van der Waals surface area contributed by atoms with E-state index in [4.69, 9.17) is 23.6 Å². The second-order valence-corrected chi connectivity index (χ2v) is 9.12. The van der Waals surface area contributed by atoms with Crippen molar-refractivity contribution < 1.29 is 23.6 Å². The second kappa shape index (κ2) is 10.0. The summed E-state index contributed by atoms with van der Waals surface area (Å²) in [7, 11) is 4.93. The lowest BCUT2D eigenvalue weighted by Crippen LogP contribution is -2.56. The summed E-state index contributed by atoms with van der Waals surface area (Å²) in [4.78, 5) is 5.11. The van der Waals surface area contributed by atoms with E-state index in [2.05, 4.69) is 17.3 Å². The average Bonchev–Trinajstić information content (AvgIpc) is 3.57. The fourth-order valence-electron chi connectivity index (χ4n) is 5.83. The SMILES string of the molecule is CO/N=C(\CCB1O[C@@H](C2(OC)CCCC2)[C@H](C2(OC)CCCC2)O1)c1ccccc1. The van der Waals surface area contributed by atoms with Gasteiger partial charge in [0.2, 0.25) is 0 Å². The maximum absolute atomic E-state index is 6.63. The minimum atomic E-state index is -0.305. The molecule has 1 aromatic carbocycles. The average molecular weight is 429 g/mol. The van der Waals surface area contributed by atoms with E-state index < -0.39 is 0 Å². The zero-order chi connectivity index (χ0) is 21.7. The fourth-order valence-corrected chi connectivity index (χ4v) is 5.83. The van der Waals surface area contributed by atoms with Crippen molar-refractivity contribution in [3.63, 3.8) is 0 Å². The van der Waals surface area contributed by atoms with Crippen molar-refractivity contribution in [3.05, 3.63) is 35.9 Å². The molecule has 1 heterocycles.